The molecular formula is C19H21ClN2O3. The van der Waals surface area contributed by atoms with E-state index in [0.29, 0.717) is 17.3 Å². The summed E-state index contributed by atoms with van der Waals surface area (Å²) in [5.41, 5.74) is 1.67. The normalized spacial score (nSPS) is 16.6. The highest BCUT2D eigenvalue weighted by Gasteiger charge is 2.32. The van der Waals surface area contributed by atoms with Gasteiger partial charge in [0.25, 0.3) is 0 Å². The highest BCUT2D eigenvalue weighted by Crippen LogP contribution is 2.39. The topological polar surface area (TPSA) is 50.8 Å². The maximum atomic E-state index is 12.7. The van der Waals surface area contributed by atoms with Crippen LogP contribution in [0.15, 0.2) is 42.5 Å². The maximum absolute atomic E-state index is 12.7. The van der Waals surface area contributed by atoms with Crippen LogP contribution in [0.3, 0.4) is 0 Å². The predicted molar refractivity (Wildman–Crippen MR) is 98.7 cm³/mol. The van der Waals surface area contributed by atoms with Crippen LogP contribution in [0.4, 0.5) is 10.5 Å². The molecule has 0 saturated carbocycles. The molecule has 5 nitrogen and oxygen atoms in total. The monoisotopic (exact) mass is 360 g/mol. The average molecular weight is 361 g/mol. The molecule has 25 heavy (non-hydrogen) atoms. The van der Waals surface area contributed by atoms with E-state index in [0.717, 1.165) is 29.9 Å². The zero-order valence-corrected chi connectivity index (χ0v) is 15.0. The molecule has 1 atom stereocenters. The van der Waals surface area contributed by atoms with Crippen molar-refractivity contribution in [1.29, 1.82) is 0 Å². The molecule has 132 valence electrons. The van der Waals surface area contributed by atoms with Crippen LogP contribution < -0.4 is 14.8 Å². The van der Waals surface area contributed by atoms with Gasteiger partial charge in [0.1, 0.15) is 11.5 Å². The van der Waals surface area contributed by atoms with Crippen molar-refractivity contribution < 1.29 is 14.3 Å². The minimum Gasteiger partial charge on any atom is -0.497 e. The van der Waals surface area contributed by atoms with E-state index in [9.17, 15) is 4.79 Å². The largest absolute Gasteiger partial charge is 0.497 e. The Balaban J connectivity index is 1.81. The van der Waals surface area contributed by atoms with Gasteiger partial charge in [-0.2, -0.15) is 0 Å². The standard InChI is InChI=1S/C19H21ClN2O3/c1-24-15-8-9-16(18(12-15)25-2)17-7-4-10-22(17)19(23)21-14-6-3-5-13(20)11-14/h3,5-6,8-9,11-12,17H,4,7,10H2,1-2H3,(H,21,23). The lowest BCUT2D eigenvalue weighted by molar-refractivity contribution is 0.206. The molecule has 6 heteroatoms. The molecule has 1 fully saturated rings. The summed E-state index contributed by atoms with van der Waals surface area (Å²) in [6.07, 6.45) is 1.84. The Morgan fingerprint density at radius 2 is 2.04 bits per heavy atom. The van der Waals surface area contributed by atoms with Crippen molar-refractivity contribution in [2.75, 3.05) is 26.1 Å². The molecule has 1 heterocycles. The van der Waals surface area contributed by atoms with Gasteiger partial charge >= 0.3 is 6.03 Å². The Morgan fingerprint density at radius 3 is 2.76 bits per heavy atom. The number of methoxy groups -OCH3 is 2. The first-order valence-electron chi connectivity index (χ1n) is 8.17. The molecule has 1 N–H and O–H groups in total. The fraction of sp³-hybridized carbons (Fsp3) is 0.316. The number of anilines is 1. The second kappa shape index (κ2) is 7.66. The third-order valence-electron chi connectivity index (χ3n) is 4.39. The molecule has 0 spiro atoms. The van der Waals surface area contributed by atoms with Crippen molar-refractivity contribution in [3.63, 3.8) is 0 Å². The molecule has 0 aromatic heterocycles. The highest BCUT2D eigenvalue weighted by atomic mass is 35.5. The van der Waals surface area contributed by atoms with Crippen LogP contribution in [0.1, 0.15) is 24.4 Å². The van der Waals surface area contributed by atoms with Gasteiger partial charge in [0.15, 0.2) is 0 Å². The second-order valence-corrected chi connectivity index (χ2v) is 6.34. The summed E-state index contributed by atoms with van der Waals surface area (Å²) in [7, 11) is 3.25. The number of benzene rings is 2. The fourth-order valence-electron chi connectivity index (χ4n) is 3.19. The third-order valence-corrected chi connectivity index (χ3v) is 4.62. The van der Waals surface area contributed by atoms with Crippen molar-refractivity contribution in [2.24, 2.45) is 0 Å². The molecule has 2 aromatic rings. The molecule has 2 amide bonds. The highest BCUT2D eigenvalue weighted by molar-refractivity contribution is 6.30. The third kappa shape index (κ3) is 3.82. The average Bonchev–Trinajstić information content (AvgIpc) is 3.10. The molecule has 0 radical (unpaired) electrons. The van der Waals surface area contributed by atoms with Crippen LogP contribution in [-0.2, 0) is 0 Å². The number of hydrogen-bond acceptors (Lipinski definition) is 3. The second-order valence-electron chi connectivity index (χ2n) is 5.90. The van der Waals surface area contributed by atoms with Crippen LogP contribution >= 0.6 is 11.6 Å². The number of urea groups is 1. The van der Waals surface area contributed by atoms with E-state index in [1.54, 1.807) is 26.4 Å². The van der Waals surface area contributed by atoms with Crippen molar-refractivity contribution in [2.45, 2.75) is 18.9 Å². The van der Waals surface area contributed by atoms with Gasteiger partial charge in [0.05, 0.1) is 20.3 Å². The molecule has 1 unspecified atom stereocenters. The smallest absolute Gasteiger partial charge is 0.322 e. The zero-order valence-electron chi connectivity index (χ0n) is 14.3. The number of amides is 2. The van der Waals surface area contributed by atoms with Crippen molar-refractivity contribution in [3.8, 4) is 11.5 Å². The first kappa shape index (κ1) is 17.4. The van der Waals surface area contributed by atoms with Crippen LogP contribution in [0.5, 0.6) is 11.5 Å². The minimum absolute atomic E-state index is 0.0277. The first-order chi connectivity index (χ1) is 12.1. The SMILES string of the molecule is COc1ccc(C2CCCN2C(=O)Nc2cccc(Cl)c2)c(OC)c1. The summed E-state index contributed by atoms with van der Waals surface area (Å²) >= 11 is 5.99. The van der Waals surface area contributed by atoms with E-state index in [1.165, 1.54) is 0 Å². The summed E-state index contributed by atoms with van der Waals surface area (Å²) in [6.45, 7) is 0.701. The lowest BCUT2D eigenvalue weighted by Crippen LogP contribution is -2.34. The number of nitrogens with one attached hydrogen (secondary N) is 1. The molecule has 0 bridgehead atoms. The Morgan fingerprint density at radius 1 is 1.20 bits per heavy atom. The van der Waals surface area contributed by atoms with Gasteiger partial charge in [-0.25, -0.2) is 4.79 Å². The van der Waals surface area contributed by atoms with Crippen molar-refractivity contribution >= 4 is 23.3 Å². The summed E-state index contributed by atoms with van der Waals surface area (Å²) in [4.78, 5) is 14.6. The van der Waals surface area contributed by atoms with E-state index in [4.69, 9.17) is 21.1 Å². The number of carbonyl (C=O) groups excluding carboxylic acids is 1. The van der Waals surface area contributed by atoms with Gasteiger partial charge in [-0.1, -0.05) is 17.7 Å². The quantitative estimate of drug-likeness (QED) is 0.857. The summed E-state index contributed by atoms with van der Waals surface area (Å²) in [6, 6.07) is 12.7. The lowest BCUT2D eigenvalue weighted by Gasteiger charge is -2.26. The van der Waals surface area contributed by atoms with Gasteiger partial charge in [0.2, 0.25) is 0 Å². The molecular weight excluding hydrogens is 340 g/mol. The van der Waals surface area contributed by atoms with Crippen LogP contribution in [-0.4, -0.2) is 31.7 Å². The first-order valence-corrected chi connectivity index (χ1v) is 8.55. The van der Waals surface area contributed by atoms with Crippen molar-refractivity contribution in [1.82, 2.24) is 4.90 Å². The molecule has 1 saturated heterocycles. The fourth-order valence-corrected chi connectivity index (χ4v) is 3.38. The summed E-state index contributed by atoms with van der Waals surface area (Å²) in [5, 5.41) is 3.51. The number of halogens is 1. The summed E-state index contributed by atoms with van der Waals surface area (Å²) < 4.78 is 10.8. The zero-order chi connectivity index (χ0) is 17.8. The Labute approximate surface area is 152 Å². The van der Waals surface area contributed by atoms with E-state index in [1.807, 2.05) is 35.2 Å². The van der Waals surface area contributed by atoms with E-state index >= 15 is 0 Å². The molecule has 1 aliphatic heterocycles. The molecule has 0 aliphatic carbocycles. The van der Waals surface area contributed by atoms with Gasteiger partial charge in [-0.05, 0) is 43.2 Å². The molecule has 1 aliphatic rings. The van der Waals surface area contributed by atoms with E-state index in [2.05, 4.69) is 5.32 Å². The van der Waals surface area contributed by atoms with Gasteiger partial charge in [-0.3, -0.25) is 0 Å². The maximum Gasteiger partial charge on any atom is 0.322 e. The predicted octanol–water partition coefficient (Wildman–Crippen LogP) is 4.73. The number of likely N-dealkylation sites (tertiary alicyclic amines) is 1. The van der Waals surface area contributed by atoms with Crippen LogP contribution in [0.25, 0.3) is 0 Å². The lowest BCUT2D eigenvalue weighted by atomic mass is 10.0. The van der Waals surface area contributed by atoms with Gasteiger partial charge in [-0.15, -0.1) is 0 Å². The number of ether oxygens (including phenoxy) is 2. The van der Waals surface area contributed by atoms with E-state index in [-0.39, 0.29) is 12.1 Å². The van der Waals surface area contributed by atoms with Crippen LogP contribution in [0, 0.1) is 0 Å². The molecule has 2 aromatic carbocycles. The van der Waals surface area contributed by atoms with Gasteiger partial charge in [0, 0.05) is 28.9 Å². The number of nitrogens with zero attached hydrogens (tertiary/aromatic N) is 1. The molecule has 3 rings (SSSR count). The van der Waals surface area contributed by atoms with Crippen molar-refractivity contribution in [3.05, 3.63) is 53.1 Å². The number of hydrogen-bond donors (Lipinski definition) is 1. The Kier molecular flexibility index (Phi) is 5.34. The van der Waals surface area contributed by atoms with Gasteiger partial charge < -0.3 is 19.7 Å². The van der Waals surface area contributed by atoms with E-state index < -0.39 is 0 Å². The van der Waals surface area contributed by atoms with Crippen LogP contribution in [0.2, 0.25) is 5.02 Å². The minimum atomic E-state index is -0.136. The Bertz CT molecular complexity index is 766. The number of carbonyl (C=O) groups is 1. The summed E-state index contributed by atoms with van der Waals surface area (Å²) in [5.74, 6) is 1.46. The number of rotatable bonds is 4. The Hall–Kier alpha value is -2.40.